The number of hydrogen-bond acceptors (Lipinski definition) is 5. The summed E-state index contributed by atoms with van der Waals surface area (Å²) in [7, 11) is -3.50. The third-order valence-electron chi connectivity index (χ3n) is 5.11. The van der Waals surface area contributed by atoms with Gasteiger partial charge in [-0.3, -0.25) is 10.0 Å². The Kier molecular flexibility index (Phi) is 5.46. The van der Waals surface area contributed by atoms with E-state index in [4.69, 9.17) is 0 Å². The fraction of sp³-hybridized carbons (Fsp3) is 0.400. The zero-order valence-electron chi connectivity index (χ0n) is 15.6. The van der Waals surface area contributed by atoms with Crippen LogP contribution in [0.5, 0.6) is 5.75 Å². The molecule has 3 rings (SSSR count). The number of anilines is 1. The number of phenolic OH excluding ortho intramolecular Hbond substituents is 1. The van der Waals surface area contributed by atoms with Gasteiger partial charge >= 0.3 is 0 Å². The summed E-state index contributed by atoms with van der Waals surface area (Å²) in [6, 6.07) is 13.0. The van der Waals surface area contributed by atoms with Crippen molar-refractivity contribution in [2.45, 2.75) is 44.4 Å². The van der Waals surface area contributed by atoms with Gasteiger partial charge < -0.3 is 10.2 Å². The van der Waals surface area contributed by atoms with Gasteiger partial charge in [-0.05, 0) is 48.1 Å². The normalized spacial score (nSPS) is 16.7. The van der Waals surface area contributed by atoms with Crippen molar-refractivity contribution < 1.29 is 18.6 Å². The van der Waals surface area contributed by atoms with E-state index in [0.717, 1.165) is 31.1 Å². The van der Waals surface area contributed by atoms with Crippen LogP contribution < -0.4 is 10.0 Å². The summed E-state index contributed by atoms with van der Waals surface area (Å²) in [4.78, 5) is 0. The Morgan fingerprint density at radius 1 is 1.15 bits per heavy atom. The number of aliphatic hydroxyl groups excluding tert-OH is 1. The zero-order chi connectivity index (χ0) is 19.7. The van der Waals surface area contributed by atoms with Crippen LogP contribution in [-0.4, -0.2) is 36.7 Å². The van der Waals surface area contributed by atoms with Gasteiger partial charge in [0.05, 0.1) is 11.9 Å². The smallest absolute Gasteiger partial charge is 0.229 e. The molecule has 6 nitrogen and oxygen atoms in total. The van der Waals surface area contributed by atoms with Gasteiger partial charge in [0.15, 0.2) is 0 Å². The van der Waals surface area contributed by atoms with E-state index in [-0.39, 0.29) is 17.0 Å². The topological polar surface area (TPSA) is 98.7 Å². The average Bonchev–Trinajstić information content (AvgIpc) is 2.95. The highest BCUT2D eigenvalue weighted by Gasteiger charge is 2.36. The van der Waals surface area contributed by atoms with Crippen LogP contribution in [0.2, 0.25) is 0 Å². The first-order chi connectivity index (χ1) is 12.7. The van der Waals surface area contributed by atoms with Crippen LogP contribution in [0.3, 0.4) is 0 Å². The molecule has 0 aliphatic heterocycles. The molecule has 7 heteroatoms. The number of nitrogens with one attached hydrogen (secondary N) is 2. The van der Waals surface area contributed by atoms with E-state index in [1.807, 2.05) is 12.1 Å². The summed E-state index contributed by atoms with van der Waals surface area (Å²) in [6.45, 7) is 2.11. The molecule has 27 heavy (non-hydrogen) atoms. The highest BCUT2D eigenvalue weighted by molar-refractivity contribution is 7.92. The standard InChI is InChI=1S/C20H26N2O4S/c1-3-20(12-15-6-4-5-7-16(15)13-20)21-19(24)11-14-8-9-18(23)17(10-14)22-27(2,25)26/h4-10,19,21-24H,3,11-13H2,1-2H3. The van der Waals surface area contributed by atoms with Crippen LogP contribution in [-0.2, 0) is 29.3 Å². The molecule has 0 heterocycles. The van der Waals surface area contributed by atoms with Crippen molar-refractivity contribution in [3.8, 4) is 5.75 Å². The van der Waals surface area contributed by atoms with Crippen LogP contribution in [0.15, 0.2) is 42.5 Å². The number of rotatable bonds is 7. The summed E-state index contributed by atoms with van der Waals surface area (Å²) < 4.78 is 25.1. The number of sulfonamides is 1. The SMILES string of the molecule is CCC1(NC(O)Cc2ccc(O)c(NS(C)(=O)=O)c2)Cc2ccccc2C1. The van der Waals surface area contributed by atoms with Gasteiger partial charge in [-0.25, -0.2) is 8.42 Å². The molecule has 0 bridgehead atoms. The highest BCUT2D eigenvalue weighted by atomic mass is 32.2. The van der Waals surface area contributed by atoms with Gasteiger partial charge in [-0.2, -0.15) is 0 Å². The molecule has 0 saturated carbocycles. The zero-order valence-corrected chi connectivity index (χ0v) is 16.4. The van der Waals surface area contributed by atoms with Gasteiger partial charge in [0.25, 0.3) is 0 Å². The van der Waals surface area contributed by atoms with Gasteiger partial charge in [0.2, 0.25) is 10.0 Å². The Bertz CT molecular complexity index is 902. The maximum atomic E-state index is 11.4. The Balaban J connectivity index is 1.71. The fourth-order valence-electron chi connectivity index (χ4n) is 3.77. The second-order valence-electron chi connectivity index (χ2n) is 7.35. The Hall–Kier alpha value is -2.09. The Labute approximate surface area is 160 Å². The summed E-state index contributed by atoms with van der Waals surface area (Å²) >= 11 is 0. The van der Waals surface area contributed by atoms with Gasteiger partial charge in [-0.15, -0.1) is 0 Å². The summed E-state index contributed by atoms with van der Waals surface area (Å²) in [6.07, 6.45) is 3.17. The molecule has 0 saturated heterocycles. The van der Waals surface area contributed by atoms with Crippen LogP contribution >= 0.6 is 0 Å². The number of phenols is 1. The lowest BCUT2D eigenvalue weighted by Crippen LogP contribution is -2.51. The predicted molar refractivity (Wildman–Crippen MR) is 106 cm³/mol. The molecule has 1 aliphatic carbocycles. The summed E-state index contributed by atoms with van der Waals surface area (Å²) in [5, 5.41) is 23.8. The van der Waals surface area contributed by atoms with E-state index in [1.165, 1.54) is 17.2 Å². The first-order valence-corrected chi connectivity index (χ1v) is 10.9. The van der Waals surface area contributed by atoms with Crippen LogP contribution in [0.4, 0.5) is 5.69 Å². The Morgan fingerprint density at radius 2 is 1.78 bits per heavy atom. The van der Waals surface area contributed by atoms with Crippen molar-refractivity contribution >= 4 is 15.7 Å². The molecule has 146 valence electrons. The molecule has 0 spiro atoms. The van der Waals surface area contributed by atoms with Crippen molar-refractivity contribution in [1.82, 2.24) is 5.32 Å². The van der Waals surface area contributed by atoms with E-state index in [2.05, 4.69) is 29.1 Å². The van der Waals surface area contributed by atoms with Gasteiger partial charge in [0, 0.05) is 12.0 Å². The predicted octanol–water partition coefficient (Wildman–Crippen LogP) is 2.16. The molecular formula is C20H26N2O4S. The number of benzene rings is 2. The van der Waals surface area contributed by atoms with Crippen molar-refractivity contribution in [3.05, 3.63) is 59.2 Å². The maximum Gasteiger partial charge on any atom is 0.229 e. The molecule has 1 atom stereocenters. The van der Waals surface area contributed by atoms with Crippen molar-refractivity contribution in [1.29, 1.82) is 0 Å². The second-order valence-corrected chi connectivity index (χ2v) is 9.09. The maximum absolute atomic E-state index is 11.4. The molecular weight excluding hydrogens is 364 g/mol. The lowest BCUT2D eigenvalue weighted by molar-refractivity contribution is 0.0908. The molecule has 0 radical (unpaired) electrons. The Morgan fingerprint density at radius 3 is 2.33 bits per heavy atom. The molecule has 1 unspecified atom stereocenters. The summed E-state index contributed by atoms with van der Waals surface area (Å²) in [5.41, 5.74) is 3.27. The lowest BCUT2D eigenvalue weighted by atomic mass is 9.91. The number of aromatic hydroxyl groups is 1. The minimum Gasteiger partial charge on any atom is -0.506 e. The summed E-state index contributed by atoms with van der Waals surface area (Å²) in [5.74, 6) is -0.150. The molecule has 2 aromatic rings. The monoisotopic (exact) mass is 390 g/mol. The van der Waals surface area contributed by atoms with Crippen molar-refractivity contribution in [2.24, 2.45) is 0 Å². The minimum atomic E-state index is -3.50. The molecule has 0 fully saturated rings. The number of fused-ring (bicyclic) bond motifs is 1. The molecule has 1 aliphatic rings. The largest absolute Gasteiger partial charge is 0.506 e. The lowest BCUT2D eigenvalue weighted by Gasteiger charge is -2.32. The fourth-order valence-corrected chi connectivity index (χ4v) is 4.33. The number of aliphatic hydroxyl groups is 1. The average molecular weight is 391 g/mol. The van der Waals surface area contributed by atoms with Crippen molar-refractivity contribution in [2.75, 3.05) is 11.0 Å². The van der Waals surface area contributed by atoms with E-state index in [0.29, 0.717) is 6.42 Å². The van der Waals surface area contributed by atoms with Crippen LogP contribution in [0.1, 0.15) is 30.0 Å². The molecule has 0 aromatic heterocycles. The van der Waals surface area contributed by atoms with E-state index >= 15 is 0 Å². The van der Waals surface area contributed by atoms with E-state index in [1.54, 1.807) is 12.1 Å². The molecule has 0 amide bonds. The quantitative estimate of drug-likeness (QED) is 0.429. The van der Waals surface area contributed by atoms with E-state index < -0.39 is 16.3 Å². The minimum absolute atomic E-state index is 0.112. The van der Waals surface area contributed by atoms with Crippen LogP contribution in [0, 0.1) is 0 Å². The van der Waals surface area contributed by atoms with Crippen LogP contribution in [0.25, 0.3) is 0 Å². The second kappa shape index (κ2) is 7.50. The first-order valence-electron chi connectivity index (χ1n) is 9.02. The first kappa shape index (κ1) is 19.7. The van der Waals surface area contributed by atoms with E-state index in [9.17, 15) is 18.6 Å². The van der Waals surface area contributed by atoms with Gasteiger partial charge in [-0.1, -0.05) is 37.3 Å². The van der Waals surface area contributed by atoms with Gasteiger partial charge in [0.1, 0.15) is 12.0 Å². The highest BCUT2D eigenvalue weighted by Crippen LogP contribution is 2.33. The van der Waals surface area contributed by atoms with Crippen molar-refractivity contribution in [3.63, 3.8) is 0 Å². The third-order valence-corrected chi connectivity index (χ3v) is 5.70. The third kappa shape index (κ3) is 4.80. The molecule has 4 N–H and O–H groups in total. The number of hydrogen-bond donors (Lipinski definition) is 4. The molecule has 2 aromatic carbocycles.